The van der Waals surface area contributed by atoms with Gasteiger partial charge in [-0.2, -0.15) is 11.8 Å². The van der Waals surface area contributed by atoms with Crippen LogP contribution in [0.3, 0.4) is 0 Å². The zero-order valence-corrected chi connectivity index (χ0v) is 11.3. The van der Waals surface area contributed by atoms with E-state index in [0.717, 1.165) is 28.4 Å². The summed E-state index contributed by atoms with van der Waals surface area (Å²) < 4.78 is 4.69. The van der Waals surface area contributed by atoms with Crippen molar-refractivity contribution in [3.8, 4) is 0 Å². The Morgan fingerprint density at radius 2 is 2.28 bits per heavy atom. The van der Waals surface area contributed by atoms with Gasteiger partial charge in [-0.3, -0.25) is 4.79 Å². The van der Waals surface area contributed by atoms with E-state index in [2.05, 4.69) is 14.7 Å². The molecule has 4 nitrogen and oxygen atoms in total. The highest BCUT2D eigenvalue weighted by Crippen LogP contribution is 2.17. The van der Waals surface area contributed by atoms with E-state index in [1.165, 1.54) is 7.11 Å². The van der Waals surface area contributed by atoms with Crippen LogP contribution < -0.4 is 0 Å². The van der Waals surface area contributed by atoms with E-state index < -0.39 is 0 Å². The first kappa shape index (κ1) is 13.0. The summed E-state index contributed by atoms with van der Waals surface area (Å²) in [4.78, 5) is 19.0. The SMILES string of the molecule is COC(=O)C(C)CSCc1nc2ccccc2[nH]1. The molecule has 1 unspecified atom stereocenters. The Kier molecular flexibility index (Phi) is 4.25. The third-order valence-corrected chi connectivity index (χ3v) is 3.86. The summed E-state index contributed by atoms with van der Waals surface area (Å²) in [6, 6.07) is 7.95. The van der Waals surface area contributed by atoms with Crippen molar-refractivity contribution in [2.24, 2.45) is 5.92 Å². The molecule has 0 amide bonds. The number of nitrogens with zero attached hydrogens (tertiary/aromatic N) is 1. The van der Waals surface area contributed by atoms with Gasteiger partial charge in [0.2, 0.25) is 0 Å². The number of fused-ring (bicyclic) bond motifs is 1. The molecule has 1 atom stereocenters. The third-order valence-electron chi connectivity index (χ3n) is 2.65. The topological polar surface area (TPSA) is 55.0 Å². The predicted octanol–water partition coefficient (Wildman–Crippen LogP) is 2.61. The van der Waals surface area contributed by atoms with Gasteiger partial charge in [-0.05, 0) is 12.1 Å². The zero-order chi connectivity index (χ0) is 13.0. The van der Waals surface area contributed by atoms with Crippen LogP contribution in [0.4, 0.5) is 0 Å². The average Bonchev–Trinajstić information content (AvgIpc) is 2.80. The van der Waals surface area contributed by atoms with Gasteiger partial charge in [-0.25, -0.2) is 4.98 Å². The summed E-state index contributed by atoms with van der Waals surface area (Å²) >= 11 is 1.68. The van der Waals surface area contributed by atoms with Crippen molar-refractivity contribution in [2.45, 2.75) is 12.7 Å². The van der Waals surface area contributed by atoms with Crippen LogP contribution in [-0.4, -0.2) is 28.8 Å². The van der Waals surface area contributed by atoms with Crippen molar-refractivity contribution in [1.29, 1.82) is 0 Å². The first-order valence-corrected chi connectivity index (χ1v) is 6.95. The second-order valence-electron chi connectivity index (χ2n) is 4.14. The molecular weight excluding hydrogens is 248 g/mol. The minimum absolute atomic E-state index is 0.0793. The fourth-order valence-electron chi connectivity index (χ4n) is 1.68. The molecule has 5 heteroatoms. The second-order valence-corrected chi connectivity index (χ2v) is 5.17. The molecule has 0 radical (unpaired) electrons. The Bertz CT molecular complexity index is 506. The monoisotopic (exact) mass is 264 g/mol. The van der Waals surface area contributed by atoms with E-state index in [1.54, 1.807) is 11.8 Å². The van der Waals surface area contributed by atoms with Gasteiger partial charge in [-0.15, -0.1) is 0 Å². The number of carbonyl (C=O) groups excluding carboxylic acids is 1. The summed E-state index contributed by atoms with van der Waals surface area (Å²) in [6.07, 6.45) is 0. The van der Waals surface area contributed by atoms with Crippen molar-refractivity contribution in [1.82, 2.24) is 9.97 Å². The van der Waals surface area contributed by atoms with Crippen LogP contribution in [0.25, 0.3) is 11.0 Å². The maximum absolute atomic E-state index is 11.2. The summed E-state index contributed by atoms with van der Waals surface area (Å²) in [5, 5.41) is 0. The zero-order valence-electron chi connectivity index (χ0n) is 10.5. The molecule has 96 valence electrons. The fraction of sp³-hybridized carbons (Fsp3) is 0.385. The number of imidazole rings is 1. The molecule has 0 aliphatic rings. The Labute approximate surface area is 110 Å². The van der Waals surface area contributed by atoms with Gasteiger partial charge in [0.15, 0.2) is 0 Å². The molecule has 0 bridgehead atoms. The lowest BCUT2D eigenvalue weighted by Crippen LogP contribution is -2.14. The van der Waals surface area contributed by atoms with Crippen LogP contribution in [0.1, 0.15) is 12.7 Å². The number of H-pyrrole nitrogens is 1. The van der Waals surface area contributed by atoms with Crippen LogP contribution >= 0.6 is 11.8 Å². The van der Waals surface area contributed by atoms with Crippen molar-refractivity contribution in [2.75, 3.05) is 12.9 Å². The lowest BCUT2D eigenvalue weighted by atomic mass is 10.2. The Morgan fingerprint density at radius 1 is 1.50 bits per heavy atom. The number of rotatable bonds is 5. The summed E-state index contributed by atoms with van der Waals surface area (Å²) in [5.74, 6) is 2.22. The first-order chi connectivity index (χ1) is 8.70. The summed E-state index contributed by atoms with van der Waals surface area (Å²) in [5.41, 5.74) is 2.03. The predicted molar refractivity (Wildman–Crippen MR) is 73.4 cm³/mol. The summed E-state index contributed by atoms with van der Waals surface area (Å²) in [7, 11) is 1.42. The largest absolute Gasteiger partial charge is 0.469 e. The lowest BCUT2D eigenvalue weighted by molar-refractivity contribution is -0.143. The standard InChI is InChI=1S/C13H16N2O2S/c1-9(13(16)17-2)7-18-8-12-14-10-5-3-4-6-11(10)15-12/h3-6,9H,7-8H2,1-2H3,(H,14,15). The van der Waals surface area contributed by atoms with Crippen molar-refractivity contribution < 1.29 is 9.53 Å². The molecule has 0 saturated carbocycles. The maximum atomic E-state index is 11.2. The van der Waals surface area contributed by atoms with Crippen LogP contribution in [0.5, 0.6) is 0 Å². The number of carbonyl (C=O) groups is 1. The number of thioether (sulfide) groups is 1. The van der Waals surface area contributed by atoms with Gasteiger partial charge in [0, 0.05) is 5.75 Å². The highest BCUT2D eigenvalue weighted by Gasteiger charge is 2.13. The minimum Gasteiger partial charge on any atom is -0.469 e. The number of para-hydroxylation sites is 2. The van der Waals surface area contributed by atoms with Gasteiger partial charge in [0.05, 0.1) is 29.8 Å². The van der Waals surface area contributed by atoms with Gasteiger partial charge >= 0.3 is 5.97 Å². The maximum Gasteiger partial charge on any atom is 0.309 e. The highest BCUT2D eigenvalue weighted by molar-refractivity contribution is 7.98. The minimum atomic E-state index is -0.160. The number of benzene rings is 1. The molecule has 0 aliphatic heterocycles. The number of hydrogen-bond donors (Lipinski definition) is 1. The molecule has 0 saturated heterocycles. The first-order valence-electron chi connectivity index (χ1n) is 5.80. The molecule has 1 aromatic heterocycles. The van der Waals surface area contributed by atoms with E-state index in [-0.39, 0.29) is 11.9 Å². The van der Waals surface area contributed by atoms with Crippen LogP contribution in [0, 0.1) is 5.92 Å². The molecule has 0 fully saturated rings. The van der Waals surface area contributed by atoms with Crippen LogP contribution in [-0.2, 0) is 15.3 Å². The molecule has 1 N–H and O–H groups in total. The van der Waals surface area contributed by atoms with Crippen LogP contribution in [0.2, 0.25) is 0 Å². The molecule has 2 rings (SSSR count). The van der Waals surface area contributed by atoms with Crippen molar-refractivity contribution in [3.05, 3.63) is 30.1 Å². The van der Waals surface area contributed by atoms with Crippen molar-refractivity contribution >= 4 is 28.8 Å². The van der Waals surface area contributed by atoms with Gasteiger partial charge in [0.25, 0.3) is 0 Å². The Morgan fingerprint density at radius 3 is 3.00 bits per heavy atom. The summed E-state index contributed by atoms with van der Waals surface area (Å²) in [6.45, 7) is 1.87. The molecule has 18 heavy (non-hydrogen) atoms. The number of methoxy groups -OCH3 is 1. The van der Waals surface area contributed by atoms with E-state index in [4.69, 9.17) is 0 Å². The second kappa shape index (κ2) is 5.91. The van der Waals surface area contributed by atoms with E-state index in [1.807, 2.05) is 31.2 Å². The number of esters is 1. The van der Waals surface area contributed by atoms with Gasteiger partial charge in [-0.1, -0.05) is 19.1 Å². The fourth-order valence-corrected chi connectivity index (χ4v) is 2.61. The van der Waals surface area contributed by atoms with Gasteiger partial charge in [0.1, 0.15) is 5.82 Å². The molecule has 0 aliphatic carbocycles. The number of nitrogens with one attached hydrogen (secondary N) is 1. The van der Waals surface area contributed by atoms with Crippen molar-refractivity contribution in [3.63, 3.8) is 0 Å². The van der Waals surface area contributed by atoms with E-state index in [9.17, 15) is 4.79 Å². The number of ether oxygens (including phenoxy) is 1. The van der Waals surface area contributed by atoms with Gasteiger partial charge < -0.3 is 9.72 Å². The normalized spacial score (nSPS) is 12.6. The smallest absolute Gasteiger partial charge is 0.309 e. The number of hydrogen-bond acceptors (Lipinski definition) is 4. The Hall–Kier alpha value is -1.49. The van der Waals surface area contributed by atoms with Crippen LogP contribution in [0.15, 0.2) is 24.3 Å². The van der Waals surface area contributed by atoms with E-state index in [0.29, 0.717) is 0 Å². The quantitative estimate of drug-likeness (QED) is 0.843. The Balaban J connectivity index is 1.88. The average molecular weight is 264 g/mol. The lowest BCUT2D eigenvalue weighted by Gasteiger charge is -2.07. The molecule has 1 aromatic carbocycles. The molecule has 1 heterocycles. The van der Waals surface area contributed by atoms with E-state index >= 15 is 0 Å². The molecular formula is C13H16N2O2S. The third kappa shape index (κ3) is 3.04. The number of aromatic amines is 1. The number of aromatic nitrogens is 2. The highest BCUT2D eigenvalue weighted by atomic mass is 32.2. The molecule has 0 spiro atoms. The molecule has 2 aromatic rings.